The number of hydrogen-bond acceptors (Lipinski definition) is 6. The summed E-state index contributed by atoms with van der Waals surface area (Å²) in [6.07, 6.45) is 2.74. The molecule has 5 nitrogen and oxygen atoms in total. The Morgan fingerprint density at radius 1 is 1.35 bits per heavy atom. The van der Waals surface area contributed by atoms with Crippen LogP contribution in [0.15, 0.2) is 17.6 Å². The lowest BCUT2D eigenvalue weighted by Gasteiger charge is -2.07. The maximum Gasteiger partial charge on any atom is 0.224 e. The summed E-state index contributed by atoms with van der Waals surface area (Å²) >= 11 is 1.67. The van der Waals surface area contributed by atoms with E-state index in [0.29, 0.717) is 5.95 Å². The van der Waals surface area contributed by atoms with Gasteiger partial charge in [0.25, 0.3) is 0 Å². The molecule has 2 N–H and O–H groups in total. The molecule has 0 bridgehead atoms. The van der Waals surface area contributed by atoms with Gasteiger partial charge in [0.15, 0.2) is 0 Å². The van der Waals surface area contributed by atoms with Crippen LogP contribution in [-0.4, -0.2) is 28.5 Å². The average molecular weight is 249 g/mol. The van der Waals surface area contributed by atoms with Gasteiger partial charge in [-0.3, -0.25) is 0 Å². The van der Waals surface area contributed by atoms with Crippen molar-refractivity contribution in [3.05, 3.63) is 28.3 Å². The molecular weight excluding hydrogens is 234 g/mol. The molecule has 2 rings (SSSR count). The van der Waals surface area contributed by atoms with Gasteiger partial charge < -0.3 is 10.6 Å². The Morgan fingerprint density at radius 3 is 2.94 bits per heavy atom. The zero-order valence-corrected chi connectivity index (χ0v) is 10.7. The summed E-state index contributed by atoms with van der Waals surface area (Å²) in [5.41, 5.74) is 0.945. The molecule has 0 atom stereocenters. The van der Waals surface area contributed by atoms with Gasteiger partial charge in [-0.15, -0.1) is 11.3 Å². The number of thiazole rings is 1. The second-order valence-corrected chi connectivity index (χ2v) is 4.55. The van der Waals surface area contributed by atoms with Crippen molar-refractivity contribution in [3.63, 3.8) is 0 Å². The van der Waals surface area contributed by atoms with Crippen LogP contribution in [0.3, 0.4) is 0 Å². The number of aromatic nitrogens is 3. The minimum Gasteiger partial charge on any atom is -0.369 e. The molecular formula is C11H15N5S. The van der Waals surface area contributed by atoms with Crippen LogP contribution < -0.4 is 10.6 Å². The van der Waals surface area contributed by atoms with Gasteiger partial charge in [-0.25, -0.2) is 9.97 Å². The van der Waals surface area contributed by atoms with E-state index in [9.17, 15) is 0 Å². The minimum atomic E-state index is 0.641. The van der Waals surface area contributed by atoms with E-state index in [1.807, 2.05) is 31.6 Å². The van der Waals surface area contributed by atoms with Crippen LogP contribution in [0.5, 0.6) is 0 Å². The molecule has 0 radical (unpaired) electrons. The topological polar surface area (TPSA) is 62.7 Å². The average Bonchev–Trinajstić information content (AvgIpc) is 2.81. The first kappa shape index (κ1) is 11.8. The molecule has 0 spiro atoms. The van der Waals surface area contributed by atoms with Gasteiger partial charge in [-0.1, -0.05) is 0 Å². The fourth-order valence-corrected chi connectivity index (χ4v) is 2.07. The number of anilines is 2. The van der Waals surface area contributed by atoms with Gasteiger partial charge in [-0.2, -0.15) is 4.98 Å². The lowest BCUT2D eigenvalue weighted by molar-refractivity contribution is 0.978. The Hall–Kier alpha value is -1.69. The van der Waals surface area contributed by atoms with Crippen LogP contribution in [-0.2, 0) is 6.42 Å². The van der Waals surface area contributed by atoms with Crippen molar-refractivity contribution in [2.75, 3.05) is 24.2 Å². The Kier molecular flexibility index (Phi) is 3.87. The van der Waals surface area contributed by atoms with E-state index in [4.69, 9.17) is 0 Å². The maximum absolute atomic E-state index is 4.32. The van der Waals surface area contributed by atoms with Gasteiger partial charge in [0.1, 0.15) is 5.82 Å². The molecule has 0 saturated carbocycles. The van der Waals surface area contributed by atoms with Gasteiger partial charge in [0.05, 0.1) is 5.01 Å². The van der Waals surface area contributed by atoms with Crippen LogP contribution in [0.1, 0.15) is 10.7 Å². The SMILES string of the molecule is CNc1nc(C)cc(NCCc2nccs2)n1. The lowest BCUT2D eigenvalue weighted by atomic mass is 10.4. The lowest BCUT2D eigenvalue weighted by Crippen LogP contribution is -2.08. The molecule has 0 aliphatic rings. The second-order valence-electron chi connectivity index (χ2n) is 3.57. The van der Waals surface area contributed by atoms with Crippen molar-refractivity contribution in [1.29, 1.82) is 0 Å². The van der Waals surface area contributed by atoms with Crippen molar-refractivity contribution in [1.82, 2.24) is 15.0 Å². The summed E-state index contributed by atoms with van der Waals surface area (Å²) in [5.74, 6) is 1.49. The molecule has 0 aliphatic heterocycles. The minimum absolute atomic E-state index is 0.641. The van der Waals surface area contributed by atoms with E-state index < -0.39 is 0 Å². The van der Waals surface area contributed by atoms with E-state index in [0.717, 1.165) is 29.5 Å². The first-order valence-corrected chi connectivity index (χ1v) is 6.31. The highest BCUT2D eigenvalue weighted by Crippen LogP contribution is 2.10. The normalized spacial score (nSPS) is 10.2. The second kappa shape index (κ2) is 5.58. The van der Waals surface area contributed by atoms with Crippen LogP contribution in [0, 0.1) is 6.92 Å². The van der Waals surface area contributed by atoms with E-state index in [2.05, 4.69) is 25.6 Å². The van der Waals surface area contributed by atoms with E-state index in [1.54, 1.807) is 11.3 Å². The highest BCUT2D eigenvalue weighted by molar-refractivity contribution is 7.09. The van der Waals surface area contributed by atoms with Crippen LogP contribution in [0.2, 0.25) is 0 Å². The van der Waals surface area contributed by atoms with Crippen LogP contribution in [0.25, 0.3) is 0 Å². The zero-order chi connectivity index (χ0) is 12.1. The fourth-order valence-electron chi connectivity index (χ4n) is 1.44. The third-order valence-electron chi connectivity index (χ3n) is 2.21. The third kappa shape index (κ3) is 3.39. The van der Waals surface area contributed by atoms with E-state index >= 15 is 0 Å². The highest BCUT2D eigenvalue weighted by Gasteiger charge is 2.01. The summed E-state index contributed by atoms with van der Waals surface area (Å²) in [6, 6.07) is 1.93. The molecule has 0 aromatic carbocycles. The number of hydrogen-bond donors (Lipinski definition) is 2. The maximum atomic E-state index is 4.32. The molecule has 2 heterocycles. The van der Waals surface area contributed by atoms with Crippen molar-refractivity contribution in [2.24, 2.45) is 0 Å². The third-order valence-corrected chi connectivity index (χ3v) is 3.05. The van der Waals surface area contributed by atoms with Crippen LogP contribution in [0.4, 0.5) is 11.8 Å². The smallest absolute Gasteiger partial charge is 0.224 e. The largest absolute Gasteiger partial charge is 0.369 e. The monoisotopic (exact) mass is 249 g/mol. The molecule has 2 aromatic heterocycles. The van der Waals surface area contributed by atoms with Gasteiger partial charge in [-0.05, 0) is 6.92 Å². The first-order valence-electron chi connectivity index (χ1n) is 5.43. The molecule has 0 unspecified atom stereocenters. The number of aryl methyl sites for hydroxylation is 1. The number of rotatable bonds is 5. The van der Waals surface area contributed by atoms with Crippen LogP contribution >= 0.6 is 11.3 Å². The molecule has 0 fully saturated rings. The van der Waals surface area contributed by atoms with Gasteiger partial charge >= 0.3 is 0 Å². The van der Waals surface area contributed by atoms with Crippen molar-refractivity contribution >= 4 is 23.1 Å². The standard InChI is InChI=1S/C11H15N5S/c1-8-7-9(16-11(12-2)15-8)13-4-3-10-14-5-6-17-10/h5-7H,3-4H2,1-2H3,(H2,12,13,15,16). The zero-order valence-electron chi connectivity index (χ0n) is 9.90. The molecule has 90 valence electrons. The van der Waals surface area contributed by atoms with Gasteiger partial charge in [0, 0.05) is 43.4 Å². The van der Waals surface area contributed by atoms with E-state index in [-0.39, 0.29) is 0 Å². The Labute approximate surface area is 104 Å². The first-order chi connectivity index (χ1) is 8.28. The van der Waals surface area contributed by atoms with Crippen molar-refractivity contribution < 1.29 is 0 Å². The Bertz CT molecular complexity index is 469. The summed E-state index contributed by atoms with van der Waals surface area (Å²) in [6.45, 7) is 2.78. The number of nitrogens with one attached hydrogen (secondary N) is 2. The molecule has 2 aromatic rings. The summed E-state index contributed by atoms with van der Waals surface area (Å²) in [7, 11) is 1.81. The quantitative estimate of drug-likeness (QED) is 0.848. The van der Waals surface area contributed by atoms with Gasteiger partial charge in [0.2, 0.25) is 5.95 Å². The summed E-state index contributed by atoms with van der Waals surface area (Å²) < 4.78 is 0. The van der Waals surface area contributed by atoms with Crippen molar-refractivity contribution in [3.8, 4) is 0 Å². The van der Waals surface area contributed by atoms with Crippen molar-refractivity contribution in [2.45, 2.75) is 13.3 Å². The molecule has 0 amide bonds. The van der Waals surface area contributed by atoms with E-state index in [1.165, 1.54) is 0 Å². The summed E-state index contributed by atoms with van der Waals surface area (Å²) in [5, 5.41) is 9.34. The summed E-state index contributed by atoms with van der Waals surface area (Å²) in [4.78, 5) is 12.8. The molecule has 0 saturated heterocycles. The molecule has 6 heteroatoms. The molecule has 17 heavy (non-hydrogen) atoms. The Balaban J connectivity index is 1.92. The predicted octanol–water partition coefficient (Wildman–Crippen LogP) is 1.94. The highest BCUT2D eigenvalue weighted by atomic mass is 32.1. The molecule has 0 aliphatic carbocycles. The number of nitrogens with zero attached hydrogens (tertiary/aromatic N) is 3. The fraction of sp³-hybridized carbons (Fsp3) is 0.364. The predicted molar refractivity (Wildman–Crippen MR) is 70.6 cm³/mol. The Morgan fingerprint density at radius 2 is 2.24 bits per heavy atom.